The number of thioether (sulfide) groups is 1. The lowest BCUT2D eigenvalue weighted by Crippen LogP contribution is -1.84. The molecule has 0 spiro atoms. The highest BCUT2D eigenvalue weighted by molar-refractivity contribution is 9.11. The van der Waals surface area contributed by atoms with Crippen molar-refractivity contribution in [3.8, 4) is 0 Å². The Morgan fingerprint density at radius 3 is 2.62 bits per heavy atom. The summed E-state index contributed by atoms with van der Waals surface area (Å²) in [6.07, 6.45) is 2.66. The van der Waals surface area contributed by atoms with E-state index in [-0.39, 0.29) is 0 Å². The zero-order valence-corrected chi connectivity index (χ0v) is 7.89. The predicted molar refractivity (Wildman–Crippen MR) is 45.8 cm³/mol. The van der Waals surface area contributed by atoms with Crippen LogP contribution in [0.3, 0.4) is 0 Å². The van der Waals surface area contributed by atoms with Gasteiger partial charge in [0, 0.05) is 0 Å². The predicted octanol–water partition coefficient (Wildman–Crippen LogP) is 3.26. The van der Waals surface area contributed by atoms with Gasteiger partial charge in [-0.2, -0.15) is 0 Å². The summed E-state index contributed by atoms with van der Waals surface area (Å²) in [5.41, 5.74) is 0. The van der Waals surface area contributed by atoms with Gasteiger partial charge in [-0.05, 0) is 19.1 Å². The summed E-state index contributed by atoms with van der Waals surface area (Å²) in [5, 5.41) is 0. The first-order chi connectivity index (χ1) is 3.77. The molecular weight excluding hydrogens is 184 g/mol. The van der Waals surface area contributed by atoms with Crippen molar-refractivity contribution in [3.05, 3.63) is 0 Å². The van der Waals surface area contributed by atoms with Crippen LogP contribution in [-0.2, 0) is 0 Å². The fraction of sp³-hybridized carbons (Fsp3) is 1.00. The number of hydrogen-bond acceptors (Lipinski definition) is 1. The maximum absolute atomic E-state index is 3.47. The largest absolute Gasteiger partial charge is 0.147 e. The average molecular weight is 197 g/mol. The first-order valence-electron chi connectivity index (χ1n) is 3.03. The molecule has 0 heterocycles. The van der Waals surface area contributed by atoms with E-state index < -0.39 is 0 Å². The van der Waals surface area contributed by atoms with Crippen molar-refractivity contribution < 1.29 is 0 Å². The second-order valence-corrected chi connectivity index (χ2v) is 5.20. The molecule has 0 aliphatic rings. The summed E-state index contributed by atoms with van der Waals surface area (Å²) in [4.78, 5) is 0. The zero-order valence-electron chi connectivity index (χ0n) is 5.48. The Bertz CT molecular complexity index is 45.8. The first-order valence-corrected chi connectivity index (χ1v) is 4.99. The number of alkyl halides is 1. The van der Waals surface area contributed by atoms with Crippen molar-refractivity contribution in [1.82, 2.24) is 0 Å². The van der Waals surface area contributed by atoms with Crippen LogP contribution in [0.5, 0.6) is 0 Å². The van der Waals surface area contributed by atoms with Gasteiger partial charge in [-0.15, -0.1) is 11.8 Å². The molecule has 0 saturated carbocycles. The lowest BCUT2D eigenvalue weighted by Gasteiger charge is -1.99. The Kier molecular flexibility index (Phi) is 6.58. The molecule has 0 aliphatic heterocycles. The highest BCUT2D eigenvalue weighted by Crippen LogP contribution is 2.17. The summed E-state index contributed by atoms with van der Waals surface area (Å²) >= 11 is 5.44. The summed E-state index contributed by atoms with van der Waals surface area (Å²) in [5.74, 6) is 1.29. The lowest BCUT2D eigenvalue weighted by molar-refractivity contribution is 0.896. The van der Waals surface area contributed by atoms with Crippen molar-refractivity contribution >= 4 is 27.7 Å². The third kappa shape index (κ3) is 6.83. The van der Waals surface area contributed by atoms with Crippen LogP contribution in [-0.4, -0.2) is 9.91 Å². The van der Waals surface area contributed by atoms with Gasteiger partial charge in [0.25, 0.3) is 0 Å². The number of rotatable bonds is 4. The van der Waals surface area contributed by atoms with Crippen molar-refractivity contribution in [2.45, 2.75) is 30.8 Å². The Morgan fingerprint density at radius 2 is 2.25 bits per heavy atom. The third-order valence-corrected chi connectivity index (χ3v) is 2.62. The van der Waals surface area contributed by atoms with Gasteiger partial charge in [0.2, 0.25) is 0 Å². The van der Waals surface area contributed by atoms with Crippen LogP contribution < -0.4 is 0 Å². The number of hydrogen-bond donors (Lipinski definition) is 0. The molecule has 0 N–H and O–H groups in total. The molecule has 0 aromatic heterocycles. The molecule has 0 aromatic rings. The second-order valence-electron chi connectivity index (χ2n) is 1.77. The Balaban J connectivity index is 2.72. The lowest BCUT2D eigenvalue weighted by atomic mass is 10.4. The summed E-state index contributed by atoms with van der Waals surface area (Å²) in [6, 6.07) is 0. The molecule has 0 amide bonds. The van der Waals surface area contributed by atoms with E-state index in [0.717, 1.165) is 0 Å². The van der Waals surface area contributed by atoms with Crippen LogP contribution in [0, 0.1) is 0 Å². The molecule has 50 valence electrons. The van der Waals surface area contributed by atoms with Crippen LogP contribution in [0.4, 0.5) is 0 Å². The van der Waals surface area contributed by atoms with Crippen LogP contribution in [0.1, 0.15) is 26.7 Å². The van der Waals surface area contributed by atoms with Gasteiger partial charge >= 0.3 is 0 Å². The maximum Gasteiger partial charge on any atom is 0.0572 e. The summed E-state index contributed by atoms with van der Waals surface area (Å²) in [6.45, 7) is 4.39. The fourth-order valence-corrected chi connectivity index (χ4v) is 1.73. The summed E-state index contributed by atoms with van der Waals surface area (Å²) < 4.78 is 0.633. The SMILES string of the molecule is CCCCSC(C)Br. The van der Waals surface area contributed by atoms with Crippen molar-refractivity contribution in [2.75, 3.05) is 5.75 Å². The van der Waals surface area contributed by atoms with E-state index in [4.69, 9.17) is 0 Å². The minimum atomic E-state index is 0.633. The Morgan fingerprint density at radius 1 is 1.62 bits per heavy atom. The van der Waals surface area contributed by atoms with Crippen LogP contribution in [0.25, 0.3) is 0 Å². The topological polar surface area (TPSA) is 0 Å². The molecule has 0 saturated heterocycles. The summed E-state index contributed by atoms with van der Waals surface area (Å²) in [7, 11) is 0. The number of halogens is 1. The van der Waals surface area contributed by atoms with E-state index in [2.05, 4.69) is 29.8 Å². The average Bonchev–Trinajstić information content (AvgIpc) is 1.66. The highest BCUT2D eigenvalue weighted by Gasteiger charge is 1.92. The molecule has 0 aliphatic carbocycles. The highest BCUT2D eigenvalue weighted by atomic mass is 79.9. The smallest absolute Gasteiger partial charge is 0.0572 e. The van der Waals surface area contributed by atoms with E-state index in [1.807, 2.05) is 11.8 Å². The van der Waals surface area contributed by atoms with Crippen LogP contribution in [0.2, 0.25) is 0 Å². The van der Waals surface area contributed by atoms with Gasteiger partial charge in [-0.3, -0.25) is 0 Å². The van der Waals surface area contributed by atoms with Crippen LogP contribution >= 0.6 is 27.7 Å². The Hall–Kier alpha value is 0.830. The van der Waals surface area contributed by atoms with E-state index in [0.29, 0.717) is 4.16 Å². The molecule has 1 atom stereocenters. The third-order valence-electron chi connectivity index (χ3n) is 0.845. The normalized spacial score (nSPS) is 13.9. The van der Waals surface area contributed by atoms with E-state index in [1.54, 1.807) is 0 Å². The molecule has 1 unspecified atom stereocenters. The minimum absolute atomic E-state index is 0.633. The number of unbranched alkanes of at least 4 members (excludes halogenated alkanes) is 1. The van der Waals surface area contributed by atoms with Gasteiger partial charge in [0.15, 0.2) is 0 Å². The molecule has 0 rings (SSSR count). The molecule has 8 heavy (non-hydrogen) atoms. The minimum Gasteiger partial charge on any atom is -0.147 e. The van der Waals surface area contributed by atoms with E-state index in [1.165, 1.54) is 18.6 Å². The van der Waals surface area contributed by atoms with E-state index >= 15 is 0 Å². The molecule has 2 heteroatoms. The standard InChI is InChI=1S/C6H13BrS/c1-3-4-5-8-6(2)7/h6H,3-5H2,1-2H3. The monoisotopic (exact) mass is 196 g/mol. The fourth-order valence-electron chi connectivity index (χ4n) is 0.390. The quantitative estimate of drug-likeness (QED) is 0.492. The molecule has 0 radical (unpaired) electrons. The van der Waals surface area contributed by atoms with Gasteiger partial charge in [0.1, 0.15) is 0 Å². The second kappa shape index (κ2) is 5.96. The van der Waals surface area contributed by atoms with Crippen molar-refractivity contribution in [1.29, 1.82) is 0 Å². The van der Waals surface area contributed by atoms with Crippen molar-refractivity contribution in [3.63, 3.8) is 0 Å². The van der Waals surface area contributed by atoms with Crippen LogP contribution in [0.15, 0.2) is 0 Å². The van der Waals surface area contributed by atoms with Gasteiger partial charge in [-0.1, -0.05) is 29.3 Å². The molecule has 0 aromatic carbocycles. The zero-order chi connectivity index (χ0) is 6.41. The molecule has 0 bridgehead atoms. The first kappa shape index (κ1) is 8.83. The molecular formula is C6H13BrS. The van der Waals surface area contributed by atoms with Gasteiger partial charge in [-0.25, -0.2) is 0 Å². The molecule has 0 nitrogen and oxygen atoms in total. The van der Waals surface area contributed by atoms with Crippen molar-refractivity contribution in [2.24, 2.45) is 0 Å². The maximum atomic E-state index is 3.47. The van der Waals surface area contributed by atoms with Gasteiger partial charge < -0.3 is 0 Å². The Labute approximate surface area is 64.6 Å². The van der Waals surface area contributed by atoms with E-state index in [9.17, 15) is 0 Å². The van der Waals surface area contributed by atoms with Gasteiger partial charge in [0.05, 0.1) is 4.16 Å². The molecule has 0 fully saturated rings.